The summed E-state index contributed by atoms with van der Waals surface area (Å²) in [6.45, 7) is 5.20. The predicted octanol–water partition coefficient (Wildman–Crippen LogP) is 6.13. The van der Waals surface area contributed by atoms with Gasteiger partial charge in [0.15, 0.2) is 0 Å². The number of aryl methyl sites for hydroxylation is 1. The number of amides is 2. The zero-order valence-corrected chi connectivity index (χ0v) is 17.6. The van der Waals surface area contributed by atoms with E-state index in [9.17, 15) is 22.4 Å². The fourth-order valence-corrected chi connectivity index (χ4v) is 3.89. The molecule has 0 saturated heterocycles. The summed E-state index contributed by atoms with van der Waals surface area (Å²) >= 11 is 0. The molecule has 0 fully saturated rings. The quantitative estimate of drug-likeness (QED) is 0.465. The average Bonchev–Trinajstić information content (AvgIpc) is 2.68. The molecule has 1 atom stereocenters. The van der Waals surface area contributed by atoms with Crippen LogP contribution in [0.2, 0.25) is 0 Å². The fraction of sp³-hybridized carbons (Fsp3) is 0.304. The number of carbonyl (C=O) groups is 1. The average molecular weight is 447 g/mol. The van der Waals surface area contributed by atoms with Crippen molar-refractivity contribution in [3.8, 4) is 5.75 Å². The van der Waals surface area contributed by atoms with Crippen molar-refractivity contribution < 1.29 is 27.1 Å². The first-order valence-electron chi connectivity index (χ1n) is 9.95. The SMILES string of the molecule is Cc1cc2c(NC(=O)N[C@@H]3CC(C)(C)Oc4cc(C(F)(F)F)ccc43)c(F)ccc2cn1. The highest BCUT2D eigenvalue weighted by Gasteiger charge is 2.38. The lowest BCUT2D eigenvalue weighted by atomic mass is 9.89. The van der Waals surface area contributed by atoms with E-state index in [1.807, 2.05) is 0 Å². The molecular weight excluding hydrogens is 426 g/mol. The van der Waals surface area contributed by atoms with Crippen LogP contribution in [0, 0.1) is 12.7 Å². The first-order chi connectivity index (χ1) is 14.9. The Labute approximate surface area is 181 Å². The van der Waals surface area contributed by atoms with E-state index < -0.39 is 35.2 Å². The van der Waals surface area contributed by atoms with Crippen molar-refractivity contribution in [1.29, 1.82) is 0 Å². The van der Waals surface area contributed by atoms with Crippen LogP contribution in [0.25, 0.3) is 10.8 Å². The number of pyridine rings is 1. The van der Waals surface area contributed by atoms with Gasteiger partial charge in [0.25, 0.3) is 0 Å². The molecule has 0 spiro atoms. The van der Waals surface area contributed by atoms with Gasteiger partial charge >= 0.3 is 12.2 Å². The van der Waals surface area contributed by atoms with Crippen LogP contribution in [-0.4, -0.2) is 16.6 Å². The molecule has 0 bridgehead atoms. The minimum absolute atomic E-state index is 0.00413. The Morgan fingerprint density at radius 3 is 2.66 bits per heavy atom. The van der Waals surface area contributed by atoms with Crippen LogP contribution < -0.4 is 15.4 Å². The van der Waals surface area contributed by atoms with Crippen LogP contribution in [0.15, 0.2) is 42.6 Å². The van der Waals surface area contributed by atoms with Crippen molar-refractivity contribution in [2.45, 2.75) is 45.0 Å². The molecule has 5 nitrogen and oxygen atoms in total. The zero-order valence-electron chi connectivity index (χ0n) is 17.6. The standard InChI is InChI=1S/C23H21F4N3O2/c1-12-8-16-13(11-28-12)4-7-17(24)20(16)30-21(31)29-18-10-22(2,3)32-19-9-14(23(25,26)27)5-6-15(18)19/h4-9,11,18H,10H2,1-3H3,(H2,29,30,31)/t18-/m1/s1. The molecule has 3 aromatic rings. The molecule has 2 amide bonds. The summed E-state index contributed by atoms with van der Waals surface area (Å²) in [5, 5.41) is 6.45. The molecule has 1 aromatic heterocycles. The Hall–Kier alpha value is -3.36. The van der Waals surface area contributed by atoms with Crippen molar-refractivity contribution in [2.75, 3.05) is 5.32 Å². The highest BCUT2D eigenvalue weighted by molar-refractivity contribution is 6.01. The molecule has 0 radical (unpaired) electrons. The Morgan fingerprint density at radius 2 is 1.94 bits per heavy atom. The Bertz CT molecular complexity index is 1200. The van der Waals surface area contributed by atoms with E-state index in [2.05, 4.69) is 15.6 Å². The number of nitrogens with zero attached hydrogens (tertiary/aromatic N) is 1. The van der Waals surface area contributed by atoms with Gasteiger partial charge in [0, 0.05) is 34.6 Å². The number of benzene rings is 2. The molecule has 4 rings (SSSR count). The van der Waals surface area contributed by atoms with Crippen LogP contribution in [-0.2, 0) is 6.18 Å². The summed E-state index contributed by atoms with van der Waals surface area (Å²) in [5.41, 5.74) is -0.565. The number of carbonyl (C=O) groups excluding carboxylic acids is 1. The smallest absolute Gasteiger partial charge is 0.416 e. The zero-order chi connectivity index (χ0) is 23.3. The third kappa shape index (κ3) is 4.32. The molecule has 1 aliphatic heterocycles. The van der Waals surface area contributed by atoms with Gasteiger partial charge in [-0.25, -0.2) is 9.18 Å². The topological polar surface area (TPSA) is 63.2 Å². The second kappa shape index (κ2) is 7.65. The van der Waals surface area contributed by atoms with Crippen LogP contribution in [0.5, 0.6) is 5.75 Å². The van der Waals surface area contributed by atoms with Crippen LogP contribution >= 0.6 is 0 Å². The molecule has 0 unspecified atom stereocenters. The van der Waals surface area contributed by atoms with Gasteiger partial charge in [0.05, 0.1) is 17.3 Å². The maximum absolute atomic E-state index is 14.5. The molecule has 168 valence electrons. The molecule has 0 aliphatic carbocycles. The minimum atomic E-state index is -4.51. The van der Waals surface area contributed by atoms with Crippen molar-refractivity contribution in [3.63, 3.8) is 0 Å². The molecular formula is C23H21F4N3O2. The van der Waals surface area contributed by atoms with Crippen molar-refractivity contribution in [2.24, 2.45) is 0 Å². The van der Waals surface area contributed by atoms with Crippen LogP contribution in [0.4, 0.5) is 28.0 Å². The lowest BCUT2D eigenvalue weighted by molar-refractivity contribution is -0.137. The van der Waals surface area contributed by atoms with Gasteiger partial charge in [-0.05, 0) is 51.1 Å². The number of nitrogens with one attached hydrogen (secondary N) is 2. The second-order valence-electron chi connectivity index (χ2n) is 8.44. The van der Waals surface area contributed by atoms with Crippen molar-refractivity contribution in [3.05, 3.63) is 65.2 Å². The first kappa shape index (κ1) is 21.9. The second-order valence-corrected chi connectivity index (χ2v) is 8.44. The van der Waals surface area contributed by atoms with Gasteiger partial charge < -0.3 is 15.4 Å². The number of ether oxygens (including phenoxy) is 1. The number of aromatic nitrogens is 1. The fourth-order valence-electron chi connectivity index (χ4n) is 3.89. The lowest BCUT2D eigenvalue weighted by Crippen LogP contribution is -2.42. The molecule has 9 heteroatoms. The third-order valence-electron chi connectivity index (χ3n) is 5.33. The van der Waals surface area contributed by atoms with Crippen LogP contribution in [0.3, 0.4) is 0 Å². The van der Waals surface area contributed by atoms with E-state index in [1.165, 1.54) is 12.1 Å². The summed E-state index contributed by atoms with van der Waals surface area (Å²) in [5.74, 6) is -0.555. The lowest BCUT2D eigenvalue weighted by Gasteiger charge is -2.38. The highest BCUT2D eigenvalue weighted by Crippen LogP contribution is 2.42. The van der Waals surface area contributed by atoms with E-state index in [1.54, 1.807) is 39.1 Å². The van der Waals surface area contributed by atoms with Crippen LogP contribution in [0.1, 0.15) is 43.1 Å². The number of hydrogen-bond acceptors (Lipinski definition) is 3. The van der Waals surface area contributed by atoms with Crippen molar-refractivity contribution >= 4 is 22.5 Å². The monoisotopic (exact) mass is 447 g/mol. The summed E-state index contributed by atoms with van der Waals surface area (Å²) < 4.78 is 59.6. The van der Waals surface area contributed by atoms with Gasteiger partial charge in [0.1, 0.15) is 17.2 Å². The molecule has 0 saturated carbocycles. The third-order valence-corrected chi connectivity index (χ3v) is 5.33. The van der Waals surface area contributed by atoms with Gasteiger partial charge in [-0.2, -0.15) is 13.2 Å². The van der Waals surface area contributed by atoms with Gasteiger partial charge in [-0.15, -0.1) is 0 Å². The van der Waals surface area contributed by atoms with Gasteiger partial charge in [-0.3, -0.25) is 4.98 Å². The van der Waals surface area contributed by atoms with Crippen molar-refractivity contribution in [1.82, 2.24) is 10.3 Å². The van der Waals surface area contributed by atoms with E-state index in [-0.39, 0.29) is 11.4 Å². The summed E-state index contributed by atoms with van der Waals surface area (Å²) in [6.07, 6.45) is -2.61. The van der Waals surface area contributed by atoms with E-state index >= 15 is 0 Å². The van der Waals surface area contributed by atoms with Gasteiger partial charge in [0.2, 0.25) is 0 Å². The maximum atomic E-state index is 14.5. The minimum Gasteiger partial charge on any atom is -0.487 e. The van der Waals surface area contributed by atoms with Gasteiger partial charge in [-0.1, -0.05) is 6.07 Å². The summed E-state index contributed by atoms with van der Waals surface area (Å²) in [4.78, 5) is 17.0. The normalized spacial score (nSPS) is 17.4. The number of rotatable bonds is 2. The number of halogens is 4. The Kier molecular flexibility index (Phi) is 5.22. The Balaban J connectivity index is 1.63. The number of alkyl halides is 3. The number of hydrogen-bond donors (Lipinski definition) is 2. The largest absolute Gasteiger partial charge is 0.487 e. The summed E-state index contributed by atoms with van der Waals surface area (Å²) in [6, 6.07) is 6.34. The summed E-state index contributed by atoms with van der Waals surface area (Å²) in [7, 11) is 0. The number of anilines is 1. The molecule has 2 aromatic carbocycles. The predicted molar refractivity (Wildman–Crippen MR) is 112 cm³/mol. The number of urea groups is 1. The highest BCUT2D eigenvalue weighted by atomic mass is 19.4. The number of fused-ring (bicyclic) bond motifs is 2. The van der Waals surface area contributed by atoms with E-state index in [4.69, 9.17) is 4.74 Å². The maximum Gasteiger partial charge on any atom is 0.416 e. The molecule has 1 aliphatic rings. The van der Waals surface area contributed by atoms with E-state index in [0.717, 1.165) is 12.1 Å². The Morgan fingerprint density at radius 1 is 1.19 bits per heavy atom. The van der Waals surface area contributed by atoms with E-state index in [0.29, 0.717) is 28.5 Å². The molecule has 32 heavy (non-hydrogen) atoms. The first-order valence-corrected chi connectivity index (χ1v) is 9.95. The molecule has 2 N–H and O–H groups in total. The molecule has 2 heterocycles.